The van der Waals surface area contributed by atoms with Crippen molar-refractivity contribution in [2.75, 3.05) is 4.72 Å². The minimum atomic E-state index is -3.63. The van der Waals surface area contributed by atoms with Crippen LogP contribution in [-0.4, -0.2) is 23.5 Å². The Morgan fingerprint density at radius 1 is 1.29 bits per heavy atom. The summed E-state index contributed by atoms with van der Waals surface area (Å²) in [7, 11) is -3.63. The lowest BCUT2D eigenvalue weighted by Crippen LogP contribution is -2.16. The SMILES string of the molecule is Cc1[nH]nc(NS(=O)(=O)Cc2ccc([N+](=O)[O-])cc2)c1C. The molecule has 1 heterocycles. The quantitative estimate of drug-likeness (QED) is 0.645. The summed E-state index contributed by atoms with van der Waals surface area (Å²) in [6, 6.07) is 5.38. The molecule has 0 aliphatic carbocycles. The smallest absolute Gasteiger partial charge is 0.269 e. The van der Waals surface area contributed by atoms with Crippen molar-refractivity contribution in [3.63, 3.8) is 0 Å². The topological polar surface area (TPSA) is 118 Å². The van der Waals surface area contributed by atoms with Crippen LogP contribution in [0.1, 0.15) is 16.8 Å². The van der Waals surface area contributed by atoms with E-state index in [-0.39, 0.29) is 17.3 Å². The first kappa shape index (κ1) is 15.0. The van der Waals surface area contributed by atoms with Crippen LogP contribution in [0.4, 0.5) is 11.5 Å². The van der Waals surface area contributed by atoms with E-state index in [1.807, 2.05) is 0 Å². The van der Waals surface area contributed by atoms with Gasteiger partial charge in [-0.25, -0.2) is 8.42 Å². The molecule has 1 aromatic carbocycles. The average Bonchev–Trinajstić information content (AvgIpc) is 2.70. The Labute approximate surface area is 121 Å². The molecule has 8 nitrogen and oxygen atoms in total. The van der Waals surface area contributed by atoms with E-state index in [0.717, 1.165) is 11.3 Å². The minimum Gasteiger partial charge on any atom is -0.280 e. The normalized spacial score (nSPS) is 11.3. The first-order valence-electron chi connectivity index (χ1n) is 6.04. The van der Waals surface area contributed by atoms with Gasteiger partial charge in [0.1, 0.15) is 0 Å². The van der Waals surface area contributed by atoms with Gasteiger partial charge in [-0.1, -0.05) is 12.1 Å². The number of nitro groups is 1. The fraction of sp³-hybridized carbons (Fsp3) is 0.250. The first-order valence-corrected chi connectivity index (χ1v) is 7.69. The van der Waals surface area contributed by atoms with E-state index >= 15 is 0 Å². The number of benzene rings is 1. The zero-order chi connectivity index (χ0) is 15.6. The predicted molar refractivity (Wildman–Crippen MR) is 77.4 cm³/mol. The fourth-order valence-corrected chi connectivity index (χ4v) is 2.90. The number of rotatable bonds is 5. The third-order valence-corrected chi connectivity index (χ3v) is 4.23. The number of non-ortho nitro benzene ring substituents is 1. The molecule has 0 atom stereocenters. The first-order chi connectivity index (χ1) is 9.78. The van der Waals surface area contributed by atoms with Crippen LogP contribution in [0.5, 0.6) is 0 Å². The van der Waals surface area contributed by atoms with Crippen LogP contribution in [0.3, 0.4) is 0 Å². The molecular weight excluding hydrogens is 296 g/mol. The summed E-state index contributed by atoms with van der Waals surface area (Å²) in [4.78, 5) is 10.0. The summed E-state index contributed by atoms with van der Waals surface area (Å²) in [5, 5.41) is 17.1. The summed E-state index contributed by atoms with van der Waals surface area (Å²) >= 11 is 0. The maximum absolute atomic E-state index is 12.1. The maximum atomic E-state index is 12.1. The van der Waals surface area contributed by atoms with Crippen LogP contribution in [0.15, 0.2) is 24.3 Å². The highest BCUT2D eigenvalue weighted by Gasteiger charge is 2.16. The summed E-state index contributed by atoms with van der Waals surface area (Å²) in [5.41, 5.74) is 1.88. The lowest BCUT2D eigenvalue weighted by Gasteiger charge is -2.06. The van der Waals surface area contributed by atoms with Crippen molar-refractivity contribution in [1.29, 1.82) is 0 Å². The molecule has 0 radical (unpaired) electrons. The molecule has 9 heteroatoms. The van der Waals surface area contributed by atoms with E-state index in [9.17, 15) is 18.5 Å². The number of nitrogens with zero attached hydrogens (tertiary/aromatic N) is 2. The second kappa shape index (κ2) is 5.52. The Morgan fingerprint density at radius 2 is 1.90 bits per heavy atom. The summed E-state index contributed by atoms with van der Waals surface area (Å²) in [6.07, 6.45) is 0. The lowest BCUT2D eigenvalue weighted by molar-refractivity contribution is -0.384. The van der Waals surface area contributed by atoms with Crippen molar-refractivity contribution < 1.29 is 13.3 Å². The van der Waals surface area contributed by atoms with E-state index in [1.54, 1.807) is 13.8 Å². The second-order valence-electron chi connectivity index (χ2n) is 4.61. The average molecular weight is 310 g/mol. The van der Waals surface area contributed by atoms with E-state index in [1.165, 1.54) is 24.3 Å². The molecule has 2 N–H and O–H groups in total. The van der Waals surface area contributed by atoms with Crippen molar-refractivity contribution in [3.05, 3.63) is 51.2 Å². The maximum Gasteiger partial charge on any atom is 0.269 e. The number of sulfonamides is 1. The molecule has 0 spiro atoms. The lowest BCUT2D eigenvalue weighted by atomic mass is 10.2. The molecule has 2 rings (SSSR count). The molecule has 112 valence electrons. The molecule has 21 heavy (non-hydrogen) atoms. The van der Waals surface area contributed by atoms with Crippen LogP contribution in [-0.2, 0) is 15.8 Å². The Balaban J connectivity index is 2.14. The fourth-order valence-electron chi connectivity index (χ4n) is 1.70. The molecule has 0 amide bonds. The molecule has 2 aromatic rings. The number of aromatic amines is 1. The molecule has 0 saturated carbocycles. The summed E-state index contributed by atoms with van der Waals surface area (Å²) in [6.45, 7) is 3.54. The number of hydrogen-bond donors (Lipinski definition) is 2. The zero-order valence-corrected chi connectivity index (χ0v) is 12.3. The van der Waals surface area contributed by atoms with Crippen molar-refractivity contribution >= 4 is 21.5 Å². The van der Waals surface area contributed by atoms with Crippen LogP contribution in [0.25, 0.3) is 0 Å². The van der Waals surface area contributed by atoms with Gasteiger partial charge in [0.15, 0.2) is 5.82 Å². The van der Waals surface area contributed by atoms with Crippen molar-refractivity contribution in [1.82, 2.24) is 10.2 Å². The molecule has 0 fully saturated rings. The minimum absolute atomic E-state index is 0.0807. The standard InChI is InChI=1S/C12H14N4O4S/c1-8-9(2)13-14-12(8)15-21(19,20)7-10-3-5-11(6-4-10)16(17)18/h3-6H,7H2,1-2H3,(H2,13,14,15). The number of nitrogens with one attached hydrogen (secondary N) is 2. The molecular formula is C12H14N4O4S. The highest BCUT2D eigenvalue weighted by molar-refractivity contribution is 7.91. The largest absolute Gasteiger partial charge is 0.280 e. The predicted octanol–water partition coefficient (Wildman–Crippen LogP) is 1.88. The monoisotopic (exact) mass is 310 g/mol. The van der Waals surface area contributed by atoms with Gasteiger partial charge < -0.3 is 0 Å². The highest BCUT2D eigenvalue weighted by atomic mass is 32.2. The Morgan fingerprint density at radius 3 is 2.38 bits per heavy atom. The number of H-pyrrole nitrogens is 1. The number of anilines is 1. The number of hydrogen-bond acceptors (Lipinski definition) is 5. The molecule has 0 unspecified atom stereocenters. The van der Waals surface area contributed by atoms with E-state index in [0.29, 0.717) is 5.56 Å². The Bertz CT molecular complexity index is 765. The highest BCUT2D eigenvalue weighted by Crippen LogP contribution is 2.18. The van der Waals surface area contributed by atoms with Gasteiger partial charge in [0.2, 0.25) is 10.0 Å². The van der Waals surface area contributed by atoms with E-state index in [4.69, 9.17) is 0 Å². The third-order valence-electron chi connectivity index (χ3n) is 3.01. The van der Waals surface area contributed by atoms with Crippen molar-refractivity contribution in [2.24, 2.45) is 0 Å². The van der Waals surface area contributed by atoms with Gasteiger partial charge in [-0.05, 0) is 19.4 Å². The molecule has 0 saturated heterocycles. The Kier molecular flexibility index (Phi) is 3.94. The number of aromatic nitrogens is 2. The van der Waals surface area contributed by atoms with Crippen molar-refractivity contribution in [2.45, 2.75) is 19.6 Å². The third kappa shape index (κ3) is 3.57. The molecule has 0 bridgehead atoms. The molecule has 1 aromatic heterocycles. The second-order valence-corrected chi connectivity index (χ2v) is 6.33. The summed E-state index contributed by atoms with van der Waals surface area (Å²) in [5.74, 6) is -0.0227. The van der Waals surface area contributed by atoms with Gasteiger partial charge in [-0.2, -0.15) is 5.10 Å². The number of aryl methyl sites for hydroxylation is 1. The zero-order valence-electron chi connectivity index (χ0n) is 11.5. The van der Waals surface area contributed by atoms with E-state index in [2.05, 4.69) is 14.9 Å². The van der Waals surface area contributed by atoms with Gasteiger partial charge in [-0.3, -0.25) is 19.9 Å². The van der Waals surface area contributed by atoms with Crippen LogP contribution in [0.2, 0.25) is 0 Å². The Hall–Kier alpha value is -2.42. The van der Waals surface area contributed by atoms with Crippen molar-refractivity contribution in [3.8, 4) is 0 Å². The number of nitro benzene ring substituents is 1. The van der Waals surface area contributed by atoms with Gasteiger partial charge in [-0.15, -0.1) is 0 Å². The van der Waals surface area contributed by atoms with Crippen LogP contribution >= 0.6 is 0 Å². The molecule has 0 aliphatic heterocycles. The summed E-state index contributed by atoms with van der Waals surface area (Å²) < 4.78 is 26.5. The van der Waals surface area contributed by atoms with Gasteiger partial charge in [0.05, 0.1) is 10.7 Å². The van der Waals surface area contributed by atoms with Crippen LogP contribution in [0, 0.1) is 24.0 Å². The molecule has 0 aliphatic rings. The van der Waals surface area contributed by atoms with E-state index < -0.39 is 14.9 Å². The van der Waals surface area contributed by atoms with Gasteiger partial charge >= 0.3 is 0 Å². The van der Waals surface area contributed by atoms with Crippen LogP contribution < -0.4 is 4.72 Å². The van der Waals surface area contributed by atoms with Gasteiger partial charge in [0.25, 0.3) is 5.69 Å². The van der Waals surface area contributed by atoms with Gasteiger partial charge in [0, 0.05) is 23.4 Å².